The number of nitrogens with zero attached hydrogens (tertiary/aromatic N) is 4. The maximum absolute atomic E-state index is 15.2. The highest BCUT2D eigenvalue weighted by atomic mass is 19.1. The van der Waals surface area contributed by atoms with Crippen LogP contribution in [-0.2, 0) is 19.1 Å². The SMILES string of the molecule is CC[C@H]1C(=O)N(C)c2cnc(Nc3ccc(/C=C/CCCC(=O)N[C@H](CC(C)C)C(=O)OC4CCCC4)cc3F)nc2N1C1CCCC1. The molecule has 0 bridgehead atoms. The monoisotopic (exact) mass is 662 g/mol. The van der Waals surface area contributed by atoms with Gasteiger partial charge in [0, 0.05) is 19.5 Å². The quantitative estimate of drug-likeness (QED) is 0.163. The number of hydrogen-bond donors (Lipinski definition) is 2. The molecule has 1 aromatic carbocycles. The minimum atomic E-state index is -0.625. The number of likely N-dealkylation sites (N-methyl/N-ethyl adjacent to an activating group) is 1. The van der Waals surface area contributed by atoms with Crippen molar-refractivity contribution in [1.82, 2.24) is 15.3 Å². The zero-order valence-corrected chi connectivity index (χ0v) is 28.8. The third kappa shape index (κ3) is 8.71. The third-order valence-corrected chi connectivity index (χ3v) is 9.65. The molecule has 5 rings (SSSR count). The number of amides is 2. The number of ether oxygens (including phenoxy) is 1. The van der Waals surface area contributed by atoms with E-state index >= 15 is 4.39 Å². The second kappa shape index (κ2) is 16.4. The minimum Gasteiger partial charge on any atom is -0.461 e. The number of hydrogen-bond acceptors (Lipinski definition) is 8. The van der Waals surface area contributed by atoms with Crippen LogP contribution in [0.25, 0.3) is 6.08 Å². The molecule has 0 radical (unpaired) electrons. The average Bonchev–Trinajstić information content (AvgIpc) is 3.78. The van der Waals surface area contributed by atoms with E-state index in [0.717, 1.165) is 51.4 Å². The third-order valence-electron chi connectivity index (χ3n) is 9.65. The molecule has 0 unspecified atom stereocenters. The van der Waals surface area contributed by atoms with Gasteiger partial charge in [0.2, 0.25) is 17.8 Å². The zero-order chi connectivity index (χ0) is 34.2. The number of fused-ring (bicyclic) bond motifs is 1. The molecular formula is C37H51FN6O4. The topological polar surface area (TPSA) is 117 Å². The van der Waals surface area contributed by atoms with E-state index < -0.39 is 11.9 Å². The van der Waals surface area contributed by atoms with Crippen LogP contribution in [0.3, 0.4) is 0 Å². The van der Waals surface area contributed by atoms with Crippen molar-refractivity contribution in [3.8, 4) is 0 Å². The maximum atomic E-state index is 15.2. The fraction of sp³-hybridized carbons (Fsp3) is 0.595. The second-order valence-electron chi connectivity index (χ2n) is 13.8. The van der Waals surface area contributed by atoms with Crippen LogP contribution in [0.4, 0.5) is 27.5 Å². The molecule has 2 fully saturated rings. The van der Waals surface area contributed by atoms with E-state index in [9.17, 15) is 14.4 Å². The predicted molar refractivity (Wildman–Crippen MR) is 187 cm³/mol. The molecule has 1 aromatic heterocycles. The number of rotatable bonds is 14. The first-order valence-corrected chi connectivity index (χ1v) is 17.8. The largest absolute Gasteiger partial charge is 0.461 e. The summed E-state index contributed by atoms with van der Waals surface area (Å²) in [5.74, 6) is 0.339. The molecule has 2 saturated carbocycles. The number of benzene rings is 1. The summed E-state index contributed by atoms with van der Waals surface area (Å²) in [6.45, 7) is 6.07. The fourth-order valence-corrected chi connectivity index (χ4v) is 7.10. The van der Waals surface area contributed by atoms with E-state index in [1.807, 2.05) is 39.0 Å². The molecule has 48 heavy (non-hydrogen) atoms. The van der Waals surface area contributed by atoms with Gasteiger partial charge in [-0.25, -0.2) is 14.2 Å². The Balaban J connectivity index is 1.14. The van der Waals surface area contributed by atoms with Gasteiger partial charge in [-0.1, -0.05) is 51.8 Å². The van der Waals surface area contributed by atoms with E-state index in [1.165, 1.54) is 6.07 Å². The number of unbranched alkanes of at least 4 members (excludes halogenated alkanes) is 1. The Kier molecular flexibility index (Phi) is 12.1. The smallest absolute Gasteiger partial charge is 0.328 e. The fourth-order valence-electron chi connectivity index (χ4n) is 7.10. The summed E-state index contributed by atoms with van der Waals surface area (Å²) in [6, 6.07) is 4.25. The summed E-state index contributed by atoms with van der Waals surface area (Å²) in [6.07, 6.45) is 16.3. The number of aromatic nitrogens is 2. The average molecular weight is 663 g/mol. The molecule has 2 aliphatic carbocycles. The molecule has 2 N–H and O–H groups in total. The van der Waals surface area contributed by atoms with Crippen LogP contribution in [0.15, 0.2) is 30.5 Å². The lowest BCUT2D eigenvalue weighted by atomic mass is 10.0. The van der Waals surface area contributed by atoms with Crippen LogP contribution >= 0.6 is 0 Å². The number of anilines is 4. The van der Waals surface area contributed by atoms with Crippen LogP contribution in [-0.4, -0.2) is 59.0 Å². The molecule has 0 spiro atoms. The standard InChI is InChI=1S/C37H51FN6O4/c1-5-31-35(46)43(4)32-23-39-37(42-34(32)44(31)26-14-9-10-15-26)41-29-20-19-25(22-28(29)38)13-7-6-8-18-33(45)40-30(21-24(2)3)36(47)48-27-16-11-12-17-27/h7,13,19-20,22-24,26-27,30-31H,5-6,8-12,14-18,21H2,1-4H3,(H,40,45)(H,39,41,42)/b13-7+/t30-,31+/m1/s1. The molecule has 2 aromatic rings. The van der Waals surface area contributed by atoms with Crippen LogP contribution < -0.4 is 20.4 Å². The molecule has 1 aliphatic heterocycles. The first kappa shape index (κ1) is 35.3. The molecule has 2 amide bonds. The van der Waals surface area contributed by atoms with Gasteiger partial charge in [-0.05, 0) is 87.8 Å². The van der Waals surface area contributed by atoms with E-state index in [4.69, 9.17) is 9.72 Å². The highest BCUT2D eigenvalue weighted by Crippen LogP contribution is 2.40. The molecule has 2 heterocycles. The number of carbonyl (C=O) groups excluding carboxylic acids is 3. The number of esters is 1. The van der Waals surface area contributed by atoms with E-state index in [2.05, 4.69) is 20.5 Å². The normalized spacial score (nSPS) is 19.3. The summed E-state index contributed by atoms with van der Waals surface area (Å²) in [5.41, 5.74) is 1.61. The zero-order valence-electron chi connectivity index (χ0n) is 28.8. The Morgan fingerprint density at radius 3 is 2.54 bits per heavy atom. The number of nitrogens with one attached hydrogen (secondary N) is 2. The lowest BCUT2D eigenvalue weighted by Gasteiger charge is -2.43. The molecule has 2 atom stereocenters. The first-order chi connectivity index (χ1) is 23.1. The van der Waals surface area contributed by atoms with Crippen molar-refractivity contribution in [2.24, 2.45) is 5.92 Å². The maximum Gasteiger partial charge on any atom is 0.328 e. The minimum absolute atomic E-state index is 0.0305. The van der Waals surface area contributed by atoms with Crippen molar-refractivity contribution in [2.45, 2.75) is 128 Å². The lowest BCUT2D eigenvalue weighted by Crippen LogP contribution is -2.55. The summed E-state index contributed by atoms with van der Waals surface area (Å²) < 4.78 is 20.9. The van der Waals surface area contributed by atoms with Crippen LogP contribution in [0.5, 0.6) is 0 Å². The van der Waals surface area contributed by atoms with Gasteiger partial charge in [-0.15, -0.1) is 0 Å². The molecule has 3 aliphatic rings. The highest BCUT2D eigenvalue weighted by molar-refractivity contribution is 6.04. The molecule has 11 heteroatoms. The van der Waals surface area contributed by atoms with Crippen molar-refractivity contribution >= 4 is 47.0 Å². The van der Waals surface area contributed by atoms with Crippen molar-refractivity contribution in [3.63, 3.8) is 0 Å². The number of carbonyl (C=O) groups is 3. The molecular weight excluding hydrogens is 611 g/mol. The van der Waals surface area contributed by atoms with Crippen molar-refractivity contribution in [2.75, 3.05) is 22.2 Å². The van der Waals surface area contributed by atoms with Gasteiger partial charge in [0.05, 0.1) is 11.9 Å². The molecule has 260 valence electrons. The van der Waals surface area contributed by atoms with Crippen molar-refractivity contribution < 1.29 is 23.5 Å². The first-order valence-electron chi connectivity index (χ1n) is 17.8. The lowest BCUT2D eigenvalue weighted by molar-refractivity contribution is -0.153. The van der Waals surface area contributed by atoms with Gasteiger partial charge < -0.3 is 25.2 Å². The van der Waals surface area contributed by atoms with Crippen molar-refractivity contribution in [3.05, 3.63) is 41.9 Å². The summed E-state index contributed by atoms with van der Waals surface area (Å²) in [4.78, 5) is 51.5. The molecule has 0 saturated heterocycles. The van der Waals surface area contributed by atoms with E-state index in [1.54, 1.807) is 24.2 Å². The van der Waals surface area contributed by atoms with Gasteiger partial charge in [-0.2, -0.15) is 4.98 Å². The van der Waals surface area contributed by atoms with E-state index in [-0.39, 0.29) is 59.9 Å². The Labute approximate surface area is 283 Å². The highest BCUT2D eigenvalue weighted by Gasteiger charge is 2.41. The Morgan fingerprint density at radius 1 is 1.12 bits per heavy atom. The van der Waals surface area contributed by atoms with E-state index in [0.29, 0.717) is 42.8 Å². The van der Waals surface area contributed by atoms with Gasteiger partial charge in [0.1, 0.15) is 29.7 Å². The van der Waals surface area contributed by atoms with Crippen LogP contribution in [0.2, 0.25) is 0 Å². The summed E-state index contributed by atoms with van der Waals surface area (Å²) in [7, 11) is 1.76. The van der Waals surface area contributed by atoms with Gasteiger partial charge in [-0.3, -0.25) is 9.59 Å². The second-order valence-corrected chi connectivity index (χ2v) is 13.8. The predicted octanol–water partition coefficient (Wildman–Crippen LogP) is 7.06. The van der Waals surface area contributed by atoms with Gasteiger partial charge in [0.25, 0.3) is 0 Å². The number of allylic oxidation sites excluding steroid dienone is 1. The Bertz CT molecular complexity index is 1470. The Morgan fingerprint density at radius 2 is 1.85 bits per heavy atom. The summed E-state index contributed by atoms with van der Waals surface area (Å²) >= 11 is 0. The van der Waals surface area contributed by atoms with Crippen LogP contribution in [0, 0.1) is 11.7 Å². The van der Waals surface area contributed by atoms with Crippen molar-refractivity contribution in [1.29, 1.82) is 0 Å². The number of halogens is 1. The summed E-state index contributed by atoms with van der Waals surface area (Å²) in [5, 5.41) is 5.92. The molecule has 10 nitrogen and oxygen atoms in total. The van der Waals surface area contributed by atoms with Crippen LogP contribution in [0.1, 0.15) is 110 Å². The Hall–Kier alpha value is -4.02. The van der Waals surface area contributed by atoms with Gasteiger partial charge >= 0.3 is 5.97 Å². The van der Waals surface area contributed by atoms with Gasteiger partial charge in [0.15, 0.2) is 5.82 Å².